The second-order valence-corrected chi connectivity index (χ2v) is 13.7. The van der Waals surface area contributed by atoms with E-state index >= 15 is 0 Å². The van der Waals surface area contributed by atoms with Gasteiger partial charge in [-0.15, -0.1) is 0 Å². The molecule has 0 atom stereocenters. The molecule has 0 aliphatic rings. The summed E-state index contributed by atoms with van der Waals surface area (Å²) >= 11 is 0. The fourth-order valence-electron chi connectivity index (χ4n) is 3.00. The van der Waals surface area contributed by atoms with Crippen LogP contribution in [-0.4, -0.2) is 153 Å². The number of ether oxygens (including phenoxy) is 6. The van der Waals surface area contributed by atoms with E-state index in [1.807, 2.05) is 0 Å². The third-order valence-corrected chi connectivity index (χ3v) is 10.8. The molecule has 0 rings (SSSR count). The Morgan fingerprint density at radius 1 is 0.350 bits per heavy atom. The maximum Gasteiger partial charge on any atom is 0.501 e. The van der Waals surface area contributed by atoms with E-state index in [0.717, 1.165) is 12.8 Å². The van der Waals surface area contributed by atoms with E-state index in [1.54, 1.807) is 42.7 Å². The highest BCUT2D eigenvalue weighted by atomic mass is 28.4. The van der Waals surface area contributed by atoms with Crippen molar-refractivity contribution in [2.45, 2.75) is 24.9 Å². The monoisotopic (exact) mass is 622 g/mol. The van der Waals surface area contributed by atoms with E-state index in [2.05, 4.69) is 0 Å². The van der Waals surface area contributed by atoms with Crippen molar-refractivity contribution in [2.75, 3.05) is 135 Å². The summed E-state index contributed by atoms with van der Waals surface area (Å²) in [7, 11) is 4.28. The van der Waals surface area contributed by atoms with Gasteiger partial charge in [-0.05, 0) is 25.9 Å². The normalized spacial score (nSPS) is 12.0. The van der Waals surface area contributed by atoms with Crippen LogP contribution in [0.25, 0.3) is 0 Å². The van der Waals surface area contributed by atoms with Crippen molar-refractivity contribution in [3.8, 4) is 0 Å². The molecule has 14 nitrogen and oxygen atoms in total. The van der Waals surface area contributed by atoms with Crippen molar-refractivity contribution >= 4 is 17.6 Å². The molecule has 0 fully saturated rings. The Morgan fingerprint density at radius 2 is 0.550 bits per heavy atom. The summed E-state index contributed by atoms with van der Waals surface area (Å²) in [6, 6.07) is 1.36. The third-order valence-electron chi connectivity index (χ3n) is 5.03. The van der Waals surface area contributed by atoms with Crippen LogP contribution in [0.4, 0.5) is 0 Å². The first-order valence-electron chi connectivity index (χ1n) is 13.7. The van der Waals surface area contributed by atoms with E-state index in [0.29, 0.717) is 104 Å². The quantitative estimate of drug-likeness (QED) is 0.0842. The van der Waals surface area contributed by atoms with Gasteiger partial charge in [-0.1, -0.05) is 0 Å². The van der Waals surface area contributed by atoms with Crippen molar-refractivity contribution in [1.82, 2.24) is 0 Å². The molecule has 0 aromatic rings. The molecule has 0 aliphatic heterocycles. The molecule has 0 aromatic heterocycles. The van der Waals surface area contributed by atoms with E-state index in [4.69, 9.17) is 66.4 Å². The van der Waals surface area contributed by atoms with Gasteiger partial charge in [0.15, 0.2) is 0 Å². The zero-order chi connectivity index (χ0) is 30.2. The van der Waals surface area contributed by atoms with E-state index in [-0.39, 0.29) is 0 Å². The molecule has 0 radical (unpaired) electrons. The third kappa shape index (κ3) is 24.5. The topological polar surface area (TPSA) is 163 Å². The van der Waals surface area contributed by atoms with Crippen molar-refractivity contribution in [1.29, 1.82) is 0 Å². The van der Waals surface area contributed by atoms with Crippen LogP contribution in [-0.2, 0) is 55.0 Å². The van der Waals surface area contributed by atoms with Gasteiger partial charge in [0.2, 0.25) is 0 Å². The Kier molecular flexibility index (Phi) is 33.4. The van der Waals surface area contributed by atoms with Crippen molar-refractivity contribution in [2.24, 2.45) is 11.5 Å². The summed E-state index contributed by atoms with van der Waals surface area (Å²) < 4.78 is 65.2. The number of rotatable bonds is 30. The Balaban J connectivity index is 0. The largest absolute Gasteiger partial charge is 0.501 e. The Hall–Kier alpha value is -0.126. The molecule has 0 unspecified atom stereocenters. The molecule has 0 bridgehead atoms. The lowest BCUT2D eigenvalue weighted by atomic mass is 10.5. The lowest BCUT2D eigenvalue weighted by molar-refractivity contribution is 0.0142. The maximum atomic E-state index is 5.87. The fraction of sp³-hybridized carbons (Fsp3) is 1.00. The van der Waals surface area contributed by atoms with Gasteiger partial charge in [-0.2, -0.15) is 0 Å². The predicted octanol–water partition coefficient (Wildman–Crippen LogP) is 0.526. The van der Waals surface area contributed by atoms with Gasteiger partial charge >= 0.3 is 17.6 Å². The SMILES string of the molecule is COCCO[Si](CCCN)(OCCOC)OCCOC.COCCO[Si](CCCN)(OCCOC)OCCOC. The minimum Gasteiger partial charge on any atom is -0.382 e. The summed E-state index contributed by atoms with van der Waals surface area (Å²) in [5, 5.41) is 0. The summed E-state index contributed by atoms with van der Waals surface area (Å²) in [6.07, 6.45) is 1.58. The molecule has 16 heteroatoms. The highest BCUT2D eigenvalue weighted by Gasteiger charge is 2.41. The van der Waals surface area contributed by atoms with Gasteiger partial charge in [0, 0.05) is 54.7 Å². The molecule has 0 saturated heterocycles. The van der Waals surface area contributed by atoms with Crippen LogP contribution in [0.3, 0.4) is 0 Å². The Labute approximate surface area is 244 Å². The molecule has 0 spiro atoms. The molecule has 0 saturated carbocycles. The molecular weight excluding hydrogens is 564 g/mol. The standard InChI is InChI=1S/2C12H29NO6Si/c2*1-14-6-9-17-20(12-4-5-13,18-10-7-15-2)19-11-8-16-3/h2*4-13H2,1-3H3. The molecule has 0 aromatic carbocycles. The lowest BCUT2D eigenvalue weighted by Crippen LogP contribution is -2.48. The minimum atomic E-state index is -2.75. The number of hydrogen-bond donors (Lipinski definition) is 2. The van der Waals surface area contributed by atoms with E-state index < -0.39 is 17.6 Å². The van der Waals surface area contributed by atoms with Crippen LogP contribution in [0.15, 0.2) is 0 Å². The van der Waals surface area contributed by atoms with E-state index in [9.17, 15) is 0 Å². The van der Waals surface area contributed by atoms with Gasteiger partial charge in [-0.25, -0.2) is 0 Å². The number of hydrogen-bond acceptors (Lipinski definition) is 14. The van der Waals surface area contributed by atoms with Crippen molar-refractivity contribution in [3.05, 3.63) is 0 Å². The van der Waals surface area contributed by atoms with Crippen molar-refractivity contribution < 1.29 is 55.0 Å². The number of methoxy groups -OCH3 is 6. The fourth-order valence-corrected chi connectivity index (χ4v) is 8.01. The predicted molar refractivity (Wildman–Crippen MR) is 155 cm³/mol. The summed E-state index contributed by atoms with van der Waals surface area (Å²) in [4.78, 5) is 0. The first-order valence-corrected chi connectivity index (χ1v) is 17.5. The lowest BCUT2D eigenvalue weighted by Gasteiger charge is -2.29. The van der Waals surface area contributed by atoms with Crippen LogP contribution in [0.2, 0.25) is 12.1 Å². The highest BCUT2D eigenvalue weighted by Crippen LogP contribution is 2.19. The molecule has 0 heterocycles. The van der Waals surface area contributed by atoms with Crippen LogP contribution < -0.4 is 11.5 Å². The zero-order valence-electron chi connectivity index (χ0n) is 25.8. The minimum absolute atomic E-state index is 0.438. The molecular formula is C24H58N2O12Si2. The molecule has 244 valence electrons. The smallest absolute Gasteiger partial charge is 0.382 e. The first-order chi connectivity index (χ1) is 19.5. The average Bonchev–Trinajstić information content (AvgIpc) is 2.96. The van der Waals surface area contributed by atoms with Crippen LogP contribution >= 0.6 is 0 Å². The van der Waals surface area contributed by atoms with Crippen LogP contribution in [0, 0.1) is 0 Å². The van der Waals surface area contributed by atoms with Crippen molar-refractivity contribution in [3.63, 3.8) is 0 Å². The van der Waals surface area contributed by atoms with Gasteiger partial charge in [-0.3, -0.25) is 0 Å². The van der Waals surface area contributed by atoms with Gasteiger partial charge in [0.1, 0.15) is 0 Å². The van der Waals surface area contributed by atoms with Gasteiger partial charge in [0.25, 0.3) is 0 Å². The second kappa shape index (κ2) is 31.8. The summed E-state index contributed by atoms with van der Waals surface area (Å²) in [5.41, 5.74) is 11.2. The Bertz CT molecular complexity index is 410. The summed E-state index contributed by atoms with van der Waals surface area (Å²) in [6.45, 7) is 6.76. The van der Waals surface area contributed by atoms with Crippen LogP contribution in [0.5, 0.6) is 0 Å². The molecule has 0 amide bonds. The van der Waals surface area contributed by atoms with Crippen LogP contribution in [0.1, 0.15) is 12.8 Å². The zero-order valence-corrected chi connectivity index (χ0v) is 27.8. The Morgan fingerprint density at radius 3 is 0.700 bits per heavy atom. The average molecular weight is 623 g/mol. The van der Waals surface area contributed by atoms with E-state index in [1.165, 1.54) is 0 Å². The molecule has 40 heavy (non-hydrogen) atoms. The number of nitrogens with two attached hydrogens (primary N) is 2. The summed E-state index contributed by atoms with van der Waals surface area (Å²) in [5.74, 6) is 0. The maximum absolute atomic E-state index is 5.87. The highest BCUT2D eigenvalue weighted by molar-refractivity contribution is 6.61. The van der Waals surface area contributed by atoms with Gasteiger partial charge < -0.3 is 66.4 Å². The molecule has 0 aliphatic carbocycles. The molecule has 4 N–H and O–H groups in total. The van der Waals surface area contributed by atoms with Gasteiger partial charge in [0.05, 0.1) is 79.3 Å². The first kappa shape index (κ1) is 42.0. The second-order valence-electron chi connectivity index (χ2n) is 8.20.